The van der Waals surface area contributed by atoms with E-state index in [4.69, 9.17) is 4.74 Å². The van der Waals surface area contributed by atoms with Gasteiger partial charge in [0.2, 0.25) is 10.9 Å². The number of rotatable bonds is 6. The van der Waals surface area contributed by atoms with Gasteiger partial charge in [-0.3, -0.25) is 14.5 Å². The molecular formula is C21H25N5O3S. The van der Waals surface area contributed by atoms with Gasteiger partial charge in [0.15, 0.2) is 0 Å². The van der Waals surface area contributed by atoms with Crippen LogP contribution in [-0.2, 0) is 17.8 Å². The fourth-order valence-electron chi connectivity index (χ4n) is 3.62. The van der Waals surface area contributed by atoms with Gasteiger partial charge in [-0.15, -0.1) is 0 Å². The second kappa shape index (κ2) is 8.93. The van der Waals surface area contributed by atoms with E-state index in [0.717, 1.165) is 41.5 Å². The van der Waals surface area contributed by atoms with Crippen molar-refractivity contribution in [1.29, 1.82) is 0 Å². The number of aromatic nitrogens is 3. The Morgan fingerprint density at radius 3 is 2.60 bits per heavy atom. The molecule has 1 fully saturated rings. The van der Waals surface area contributed by atoms with Crippen LogP contribution in [0.2, 0.25) is 0 Å². The quantitative estimate of drug-likeness (QED) is 0.596. The van der Waals surface area contributed by atoms with E-state index in [0.29, 0.717) is 31.0 Å². The van der Waals surface area contributed by atoms with Gasteiger partial charge in [0, 0.05) is 45.2 Å². The predicted molar refractivity (Wildman–Crippen MR) is 115 cm³/mol. The first kappa shape index (κ1) is 20.5. The Balaban J connectivity index is 1.28. The number of carbonyl (C=O) groups is 1. The Kier molecular flexibility index (Phi) is 6.10. The maximum atomic E-state index is 12.6. The van der Waals surface area contributed by atoms with Gasteiger partial charge in [-0.1, -0.05) is 23.5 Å². The molecule has 30 heavy (non-hydrogen) atoms. The molecule has 3 aromatic rings. The summed E-state index contributed by atoms with van der Waals surface area (Å²) in [5.41, 5.74) is 1.74. The zero-order chi connectivity index (χ0) is 21.1. The molecule has 0 unspecified atom stereocenters. The summed E-state index contributed by atoms with van der Waals surface area (Å²) in [6.45, 7) is 5.42. The Morgan fingerprint density at radius 2 is 1.90 bits per heavy atom. The summed E-state index contributed by atoms with van der Waals surface area (Å²) in [4.78, 5) is 34.1. The third-order valence-corrected chi connectivity index (χ3v) is 6.12. The van der Waals surface area contributed by atoms with Gasteiger partial charge in [0.1, 0.15) is 10.8 Å². The molecule has 9 heteroatoms. The fourth-order valence-corrected chi connectivity index (χ4v) is 4.39. The highest BCUT2D eigenvalue weighted by atomic mass is 32.1. The highest BCUT2D eigenvalue weighted by Gasteiger charge is 2.21. The Morgan fingerprint density at radius 1 is 1.17 bits per heavy atom. The highest BCUT2D eigenvalue weighted by Crippen LogP contribution is 2.15. The summed E-state index contributed by atoms with van der Waals surface area (Å²) in [6.07, 6.45) is 1.23. The lowest BCUT2D eigenvalue weighted by Gasteiger charge is -2.34. The molecule has 0 aliphatic carbocycles. The molecule has 0 atom stereocenters. The zero-order valence-electron chi connectivity index (χ0n) is 17.2. The van der Waals surface area contributed by atoms with Crippen molar-refractivity contribution >= 4 is 22.2 Å². The lowest BCUT2D eigenvalue weighted by atomic mass is 10.1. The van der Waals surface area contributed by atoms with E-state index >= 15 is 0 Å². The van der Waals surface area contributed by atoms with E-state index in [2.05, 4.69) is 15.0 Å². The van der Waals surface area contributed by atoms with Crippen LogP contribution in [0.15, 0.2) is 35.1 Å². The van der Waals surface area contributed by atoms with Crippen molar-refractivity contribution in [1.82, 2.24) is 24.4 Å². The monoisotopic (exact) mass is 427 g/mol. The van der Waals surface area contributed by atoms with Crippen LogP contribution in [0.4, 0.5) is 0 Å². The van der Waals surface area contributed by atoms with Crippen molar-refractivity contribution in [2.75, 3.05) is 33.3 Å². The van der Waals surface area contributed by atoms with Gasteiger partial charge in [-0.25, -0.2) is 4.98 Å². The molecule has 1 aromatic carbocycles. The Bertz CT molecular complexity index is 1080. The number of fused-ring (bicyclic) bond motifs is 1. The molecule has 1 amide bonds. The number of carbonyl (C=O) groups excluding carboxylic acids is 1. The first-order valence-electron chi connectivity index (χ1n) is 10.0. The van der Waals surface area contributed by atoms with Crippen LogP contribution in [0, 0.1) is 6.92 Å². The van der Waals surface area contributed by atoms with Gasteiger partial charge >= 0.3 is 0 Å². The van der Waals surface area contributed by atoms with Crippen molar-refractivity contribution in [3.05, 3.63) is 57.0 Å². The molecule has 3 heterocycles. The molecular weight excluding hydrogens is 402 g/mol. The summed E-state index contributed by atoms with van der Waals surface area (Å²) < 4.78 is 6.52. The van der Waals surface area contributed by atoms with Crippen molar-refractivity contribution in [3.8, 4) is 5.75 Å². The van der Waals surface area contributed by atoms with E-state index in [1.165, 1.54) is 15.9 Å². The number of amides is 1. The first-order chi connectivity index (χ1) is 14.5. The molecule has 4 rings (SSSR count). The van der Waals surface area contributed by atoms with Gasteiger partial charge < -0.3 is 9.64 Å². The van der Waals surface area contributed by atoms with E-state index < -0.39 is 0 Å². The molecule has 8 nitrogen and oxygen atoms in total. The molecule has 0 spiro atoms. The second-order valence-electron chi connectivity index (χ2n) is 7.41. The van der Waals surface area contributed by atoms with Gasteiger partial charge in [-0.05, 0) is 31.0 Å². The van der Waals surface area contributed by atoms with Crippen LogP contribution in [0.5, 0.6) is 5.75 Å². The molecule has 2 aromatic heterocycles. The highest BCUT2D eigenvalue weighted by molar-refractivity contribution is 7.16. The summed E-state index contributed by atoms with van der Waals surface area (Å²) in [5, 5.41) is 4.99. The number of piperazine rings is 1. The Labute approximate surface area is 178 Å². The normalized spacial score (nSPS) is 14.9. The zero-order valence-corrected chi connectivity index (χ0v) is 18.0. The van der Waals surface area contributed by atoms with Crippen molar-refractivity contribution in [2.24, 2.45) is 0 Å². The third-order valence-electron chi connectivity index (χ3n) is 5.30. The predicted octanol–water partition coefficient (Wildman–Crippen LogP) is 1.75. The smallest absolute Gasteiger partial charge is 0.275 e. The van der Waals surface area contributed by atoms with Gasteiger partial charge in [-0.2, -0.15) is 9.61 Å². The summed E-state index contributed by atoms with van der Waals surface area (Å²) in [5.74, 6) is 1.01. The maximum Gasteiger partial charge on any atom is 0.275 e. The minimum Gasteiger partial charge on any atom is -0.497 e. The van der Waals surface area contributed by atoms with Crippen LogP contribution < -0.4 is 10.3 Å². The molecule has 0 N–H and O–H groups in total. The average molecular weight is 428 g/mol. The molecule has 0 bridgehead atoms. The van der Waals surface area contributed by atoms with Crippen molar-refractivity contribution in [3.63, 3.8) is 0 Å². The van der Waals surface area contributed by atoms with Crippen molar-refractivity contribution in [2.45, 2.75) is 26.3 Å². The maximum absolute atomic E-state index is 12.6. The molecule has 1 saturated heterocycles. The number of hydrogen-bond acceptors (Lipinski definition) is 7. The lowest BCUT2D eigenvalue weighted by molar-refractivity contribution is -0.133. The molecule has 0 radical (unpaired) electrons. The van der Waals surface area contributed by atoms with Crippen LogP contribution in [0.25, 0.3) is 4.96 Å². The SMILES string of the molecule is COc1ccc(CCC(=O)N2CCN(Cc3cc(=O)n4nc(C)sc4n3)CC2)cc1. The van der Waals surface area contributed by atoms with Crippen LogP contribution in [0.1, 0.15) is 22.7 Å². The molecule has 0 saturated carbocycles. The molecule has 1 aliphatic rings. The minimum atomic E-state index is -0.147. The number of hydrogen-bond donors (Lipinski definition) is 0. The molecule has 1 aliphatic heterocycles. The summed E-state index contributed by atoms with van der Waals surface area (Å²) in [7, 11) is 1.64. The molecule has 158 valence electrons. The largest absolute Gasteiger partial charge is 0.497 e. The number of benzene rings is 1. The second-order valence-corrected chi connectivity index (χ2v) is 8.57. The summed E-state index contributed by atoms with van der Waals surface area (Å²) in [6, 6.07) is 9.40. The van der Waals surface area contributed by atoms with E-state index in [1.807, 2.05) is 36.1 Å². The van der Waals surface area contributed by atoms with Crippen LogP contribution >= 0.6 is 11.3 Å². The standard InChI is InChI=1S/C21H25N5O3S/c1-15-23-26-20(28)13-17(22-21(26)30-15)14-24-9-11-25(12-10-24)19(27)8-5-16-3-6-18(29-2)7-4-16/h3-4,6-7,13H,5,8-12,14H2,1-2H3. The van der Waals surface area contributed by atoms with E-state index in [1.54, 1.807) is 13.2 Å². The van der Waals surface area contributed by atoms with Crippen LogP contribution in [0.3, 0.4) is 0 Å². The summed E-state index contributed by atoms with van der Waals surface area (Å²) >= 11 is 1.41. The van der Waals surface area contributed by atoms with E-state index in [9.17, 15) is 9.59 Å². The Hall–Kier alpha value is -2.78. The number of aryl methyl sites for hydroxylation is 2. The third kappa shape index (κ3) is 4.68. The van der Waals surface area contributed by atoms with Crippen LogP contribution in [-0.4, -0.2) is 63.6 Å². The lowest BCUT2D eigenvalue weighted by Crippen LogP contribution is -2.48. The van der Waals surface area contributed by atoms with Gasteiger partial charge in [0.05, 0.1) is 12.8 Å². The number of methoxy groups -OCH3 is 1. The average Bonchev–Trinajstić information content (AvgIpc) is 3.14. The van der Waals surface area contributed by atoms with Gasteiger partial charge in [0.25, 0.3) is 5.56 Å². The van der Waals surface area contributed by atoms with Crippen molar-refractivity contribution < 1.29 is 9.53 Å². The topological polar surface area (TPSA) is 80.0 Å². The number of nitrogens with zero attached hydrogens (tertiary/aromatic N) is 5. The fraction of sp³-hybridized carbons (Fsp3) is 0.429. The minimum absolute atomic E-state index is 0.147. The van der Waals surface area contributed by atoms with E-state index in [-0.39, 0.29) is 11.5 Å². The number of ether oxygens (including phenoxy) is 1. The first-order valence-corrected chi connectivity index (χ1v) is 10.8.